The number of aromatic amines is 1. The molecule has 0 aromatic carbocycles. The Morgan fingerprint density at radius 2 is 2.07 bits per heavy atom. The summed E-state index contributed by atoms with van der Waals surface area (Å²) in [4.78, 5) is 5.01. The van der Waals surface area contributed by atoms with E-state index in [-0.39, 0.29) is 5.82 Å². The second-order valence-electron chi connectivity index (χ2n) is 2.92. The van der Waals surface area contributed by atoms with Gasteiger partial charge in [0.1, 0.15) is 0 Å². The lowest BCUT2D eigenvalue weighted by molar-refractivity contribution is -0.144. The number of nitrogens with one attached hydrogen (secondary N) is 1. The van der Waals surface area contributed by atoms with Crippen LogP contribution in [0.4, 0.5) is 13.2 Å². The van der Waals surface area contributed by atoms with E-state index in [2.05, 4.69) is 10.1 Å². The minimum atomic E-state index is -4.47. The van der Waals surface area contributed by atoms with Gasteiger partial charge in [-0.05, 0) is 19.1 Å². The maximum Gasteiger partial charge on any atom is 0.451 e. The summed E-state index contributed by atoms with van der Waals surface area (Å²) in [6.45, 7) is 1.87. The summed E-state index contributed by atoms with van der Waals surface area (Å²) in [5.74, 6) is -0.982. The molecule has 2 aromatic rings. The Morgan fingerprint density at radius 3 is 2.53 bits per heavy atom. The zero-order valence-electron chi connectivity index (χ0n) is 7.59. The minimum absolute atomic E-state index is 0.0837. The molecule has 0 amide bonds. The summed E-state index contributed by atoms with van der Waals surface area (Å²) < 4.78 is 36.6. The van der Waals surface area contributed by atoms with Gasteiger partial charge in [0.05, 0.1) is 4.88 Å². The third-order valence-corrected chi connectivity index (χ3v) is 2.71. The lowest BCUT2D eigenvalue weighted by atomic mass is 10.4. The Labute approximate surface area is 87.0 Å². The number of thiophene rings is 1. The molecule has 0 aliphatic heterocycles. The summed E-state index contributed by atoms with van der Waals surface area (Å²) >= 11 is 1.35. The maximum absolute atomic E-state index is 12.2. The Kier molecular flexibility index (Phi) is 2.26. The zero-order chi connectivity index (χ0) is 11.1. The number of nitrogens with zero attached hydrogens (tertiary/aromatic N) is 2. The Hall–Kier alpha value is -1.37. The lowest BCUT2D eigenvalue weighted by Crippen LogP contribution is -2.07. The van der Waals surface area contributed by atoms with Gasteiger partial charge in [0.15, 0.2) is 5.82 Å². The molecule has 0 saturated carbocycles. The summed E-state index contributed by atoms with van der Waals surface area (Å²) in [5, 5.41) is 5.39. The standard InChI is InChI=1S/C8H6F3N3S/c1-4-2-3-5(15-4)6-12-7(14-13-6)8(9,10)11/h2-3H,1H3,(H,12,13,14). The molecule has 0 spiro atoms. The number of aryl methyl sites for hydroxylation is 1. The van der Waals surface area contributed by atoms with Crippen molar-refractivity contribution in [3.05, 3.63) is 22.8 Å². The van der Waals surface area contributed by atoms with Crippen LogP contribution in [-0.2, 0) is 6.18 Å². The largest absolute Gasteiger partial charge is 0.451 e. The third-order valence-electron chi connectivity index (χ3n) is 1.71. The summed E-state index contributed by atoms with van der Waals surface area (Å²) in [6.07, 6.45) is -4.47. The van der Waals surface area contributed by atoms with Crippen molar-refractivity contribution < 1.29 is 13.2 Å². The van der Waals surface area contributed by atoms with Gasteiger partial charge in [-0.15, -0.1) is 11.3 Å². The minimum Gasteiger partial charge on any atom is -0.255 e. The molecule has 2 aromatic heterocycles. The monoisotopic (exact) mass is 233 g/mol. The highest BCUT2D eigenvalue weighted by Gasteiger charge is 2.35. The van der Waals surface area contributed by atoms with Crippen molar-refractivity contribution in [2.75, 3.05) is 0 Å². The van der Waals surface area contributed by atoms with E-state index >= 15 is 0 Å². The van der Waals surface area contributed by atoms with Crippen LogP contribution >= 0.6 is 11.3 Å². The van der Waals surface area contributed by atoms with Crippen molar-refractivity contribution >= 4 is 11.3 Å². The van der Waals surface area contributed by atoms with Crippen LogP contribution in [0.2, 0.25) is 0 Å². The molecule has 2 heterocycles. The van der Waals surface area contributed by atoms with Crippen LogP contribution < -0.4 is 0 Å². The molecule has 0 bridgehead atoms. The topological polar surface area (TPSA) is 41.6 Å². The van der Waals surface area contributed by atoms with Crippen LogP contribution in [0.5, 0.6) is 0 Å². The SMILES string of the molecule is Cc1ccc(-c2n[nH]c(C(F)(F)F)n2)s1. The van der Waals surface area contributed by atoms with Crippen LogP contribution in [0.25, 0.3) is 10.7 Å². The fourth-order valence-corrected chi connectivity index (χ4v) is 1.86. The van der Waals surface area contributed by atoms with Crippen molar-refractivity contribution in [1.82, 2.24) is 15.2 Å². The zero-order valence-corrected chi connectivity index (χ0v) is 8.41. The van der Waals surface area contributed by atoms with E-state index in [1.54, 1.807) is 6.07 Å². The normalized spacial score (nSPS) is 12.0. The number of rotatable bonds is 1. The van der Waals surface area contributed by atoms with E-state index in [1.807, 2.05) is 18.1 Å². The Bertz CT molecular complexity index is 471. The van der Waals surface area contributed by atoms with E-state index in [4.69, 9.17) is 0 Å². The van der Waals surface area contributed by atoms with E-state index in [0.717, 1.165) is 4.88 Å². The van der Waals surface area contributed by atoms with Gasteiger partial charge < -0.3 is 0 Å². The van der Waals surface area contributed by atoms with Gasteiger partial charge in [0.25, 0.3) is 0 Å². The van der Waals surface area contributed by atoms with E-state index in [9.17, 15) is 13.2 Å². The smallest absolute Gasteiger partial charge is 0.255 e. The van der Waals surface area contributed by atoms with Crippen molar-refractivity contribution in [1.29, 1.82) is 0 Å². The fraction of sp³-hybridized carbons (Fsp3) is 0.250. The van der Waals surface area contributed by atoms with Crippen molar-refractivity contribution in [2.45, 2.75) is 13.1 Å². The second kappa shape index (κ2) is 3.34. The average Bonchev–Trinajstić information content (AvgIpc) is 2.69. The predicted octanol–water partition coefficient (Wildman–Crippen LogP) is 2.86. The van der Waals surface area contributed by atoms with Crippen LogP contribution in [0, 0.1) is 6.92 Å². The molecule has 0 radical (unpaired) electrons. The molecular formula is C8H6F3N3S. The molecule has 0 saturated heterocycles. The van der Waals surface area contributed by atoms with Gasteiger partial charge in [-0.2, -0.15) is 18.3 Å². The number of hydrogen-bond donors (Lipinski definition) is 1. The number of aromatic nitrogens is 3. The Balaban J connectivity index is 2.36. The first-order valence-corrected chi connectivity index (χ1v) is 4.85. The van der Waals surface area contributed by atoms with Gasteiger partial charge in [0, 0.05) is 4.88 Å². The first-order valence-electron chi connectivity index (χ1n) is 4.03. The molecule has 3 nitrogen and oxygen atoms in total. The number of hydrogen-bond acceptors (Lipinski definition) is 3. The van der Waals surface area contributed by atoms with Gasteiger partial charge in [-0.3, -0.25) is 5.10 Å². The quantitative estimate of drug-likeness (QED) is 0.822. The number of halogens is 3. The molecule has 15 heavy (non-hydrogen) atoms. The van der Waals surface area contributed by atoms with Gasteiger partial charge in [-0.25, -0.2) is 4.98 Å². The average molecular weight is 233 g/mol. The third kappa shape index (κ3) is 2.01. The number of alkyl halides is 3. The molecule has 0 unspecified atom stereocenters. The molecule has 0 aliphatic carbocycles. The van der Waals surface area contributed by atoms with Crippen molar-refractivity contribution in [3.63, 3.8) is 0 Å². The van der Waals surface area contributed by atoms with Crippen molar-refractivity contribution in [3.8, 4) is 10.7 Å². The summed E-state index contributed by atoms with van der Waals surface area (Å²) in [7, 11) is 0. The second-order valence-corrected chi connectivity index (χ2v) is 4.20. The highest BCUT2D eigenvalue weighted by atomic mass is 32.1. The summed E-state index contributed by atoms with van der Waals surface area (Å²) in [6, 6.07) is 3.51. The Morgan fingerprint density at radius 1 is 1.33 bits per heavy atom. The molecule has 0 fully saturated rings. The van der Waals surface area contributed by atoms with Gasteiger partial charge in [-0.1, -0.05) is 0 Å². The summed E-state index contributed by atoms with van der Waals surface area (Å²) in [5.41, 5.74) is 0. The predicted molar refractivity (Wildman–Crippen MR) is 49.4 cm³/mol. The van der Waals surface area contributed by atoms with E-state index < -0.39 is 12.0 Å². The first-order chi connectivity index (χ1) is 6.97. The first kappa shape index (κ1) is 10.2. The van der Waals surface area contributed by atoms with Gasteiger partial charge >= 0.3 is 6.18 Å². The number of H-pyrrole nitrogens is 1. The van der Waals surface area contributed by atoms with Crippen LogP contribution in [0.15, 0.2) is 12.1 Å². The molecular weight excluding hydrogens is 227 g/mol. The van der Waals surface area contributed by atoms with Crippen LogP contribution in [0.3, 0.4) is 0 Å². The molecule has 0 aliphatic rings. The highest BCUT2D eigenvalue weighted by molar-refractivity contribution is 7.15. The molecule has 0 atom stereocenters. The molecule has 80 valence electrons. The molecule has 2 rings (SSSR count). The lowest BCUT2D eigenvalue weighted by Gasteiger charge is -1.98. The van der Waals surface area contributed by atoms with Crippen molar-refractivity contribution in [2.24, 2.45) is 0 Å². The van der Waals surface area contributed by atoms with Gasteiger partial charge in [0.2, 0.25) is 5.82 Å². The fourth-order valence-electron chi connectivity index (χ4n) is 1.05. The van der Waals surface area contributed by atoms with Crippen LogP contribution in [0.1, 0.15) is 10.7 Å². The maximum atomic E-state index is 12.2. The van der Waals surface area contributed by atoms with E-state index in [1.165, 1.54) is 11.3 Å². The molecule has 1 N–H and O–H groups in total. The van der Waals surface area contributed by atoms with Crippen LogP contribution in [-0.4, -0.2) is 15.2 Å². The van der Waals surface area contributed by atoms with E-state index in [0.29, 0.717) is 4.88 Å². The molecule has 7 heteroatoms. The highest BCUT2D eigenvalue weighted by Crippen LogP contribution is 2.29.